The van der Waals surface area contributed by atoms with Crippen molar-refractivity contribution in [3.8, 4) is 28.6 Å². The van der Waals surface area contributed by atoms with Gasteiger partial charge in [0.05, 0.1) is 12.8 Å². The van der Waals surface area contributed by atoms with E-state index in [1.807, 2.05) is 6.07 Å². The second-order valence-electron chi connectivity index (χ2n) is 7.13. The average Bonchev–Trinajstić information content (AvgIpc) is 3.50. The zero-order chi connectivity index (χ0) is 25.5. The molecule has 0 bridgehead atoms. The normalized spacial score (nSPS) is 10.9. The summed E-state index contributed by atoms with van der Waals surface area (Å²) in [7, 11) is 0. The maximum absolute atomic E-state index is 13.2. The molecule has 0 fully saturated rings. The van der Waals surface area contributed by atoms with Gasteiger partial charge in [-0.05, 0) is 41.0 Å². The van der Waals surface area contributed by atoms with Gasteiger partial charge in [-0.1, -0.05) is 35.5 Å². The first-order valence-electron chi connectivity index (χ1n) is 10.6. The number of anilines is 1. The number of rotatable bonds is 10. The summed E-state index contributed by atoms with van der Waals surface area (Å²) in [6.07, 6.45) is 1.40. The largest absolute Gasteiger partial charge is 0.490 e. The van der Waals surface area contributed by atoms with Gasteiger partial charge in [0.1, 0.15) is 5.69 Å². The first kappa shape index (κ1) is 23.9. The van der Waals surface area contributed by atoms with E-state index < -0.39 is 11.8 Å². The quantitative estimate of drug-likeness (QED) is 0.212. The maximum atomic E-state index is 13.2. The van der Waals surface area contributed by atoms with Gasteiger partial charge in [-0.3, -0.25) is 9.59 Å². The second kappa shape index (κ2) is 10.8. The number of nitrogens with zero attached hydrogens (tertiary/aromatic N) is 6. The van der Waals surface area contributed by atoms with Crippen LogP contribution in [0, 0.1) is 0 Å². The molecule has 0 saturated carbocycles. The summed E-state index contributed by atoms with van der Waals surface area (Å²) in [4.78, 5) is 24.2. The van der Waals surface area contributed by atoms with Crippen LogP contribution in [0.1, 0.15) is 23.0 Å². The molecule has 14 heteroatoms. The molecule has 4 rings (SSSR count). The van der Waals surface area contributed by atoms with Crippen molar-refractivity contribution in [3.05, 3.63) is 59.8 Å². The molecule has 5 N–H and O–H groups in total. The summed E-state index contributed by atoms with van der Waals surface area (Å²) in [6, 6.07) is 13.9. The van der Waals surface area contributed by atoms with Gasteiger partial charge in [0.2, 0.25) is 11.6 Å². The molecule has 14 nitrogen and oxygen atoms in total. The van der Waals surface area contributed by atoms with Gasteiger partial charge in [-0.25, -0.2) is 10.1 Å². The van der Waals surface area contributed by atoms with E-state index in [-0.39, 0.29) is 29.6 Å². The summed E-state index contributed by atoms with van der Waals surface area (Å²) in [6.45, 7) is 1.88. The monoisotopic (exact) mass is 491 g/mol. The molecule has 36 heavy (non-hydrogen) atoms. The molecule has 2 aromatic heterocycles. The average molecular weight is 491 g/mol. The van der Waals surface area contributed by atoms with Crippen LogP contribution in [0.4, 0.5) is 5.82 Å². The number of nitrogens with two attached hydrogens (primary N) is 2. The minimum atomic E-state index is -0.635. The van der Waals surface area contributed by atoms with Crippen LogP contribution >= 0.6 is 0 Å². The zero-order valence-electron chi connectivity index (χ0n) is 19.0. The van der Waals surface area contributed by atoms with Crippen LogP contribution in [0.25, 0.3) is 17.1 Å². The SMILES string of the molecule is CCOc1cc(/C=N/NC(=O)c2c(-c3ccccc3)nnn2-c2nonc2N)ccc1OCC(N)=O. The molecular formula is C22H21N9O5. The summed E-state index contributed by atoms with van der Waals surface area (Å²) in [5.41, 5.74) is 14.9. The Bertz CT molecular complexity index is 1400. The molecule has 2 amide bonds. The lowest BCUT2D eigenvalue weighted by Crippen LogP contribution is -2.22. The highest BCUT2D eigenvalue weighted by molar-refractivity contribution is 5.99. The first-order chi connectivity index (χ1) is 17.5. The lowest BCUT2D eigenvalue weighted by atomic mass is 10.1. The minimum absolute atomic E-state index is 0.00622. The standard InChI is InChI=1S/C22H21N9O5/c1-2-34-16-10-13(8-9-15(16)35-12-17(23)32)11-25-27-22(33)19-18(14-6-4-3-5-7-14)26-30-31(19)21-20(24)28-36-29-21/h3-11H,2,12H2,1H3,(H2,23,32)(H2,24,28)(H,27,33)/b25-11+. The number of nitrogens with one attached hydrogen (secondary N) is 1. The third-order valence-corrected chi connectivity index (χ3v) is 4.65. The Morgan fingerprint density at radius 1 is 1.14 bits per heavy atom. The molecule has 0 saturated heterocycles. The third kappa shape index (κ3) is 5.27. The smallest absolute Gasteiger partial charge is 0.292 e. The highest BCUT2D eigenvalue weighted by Crippen LogP contribution is 2.28. The van der Waals surface area contributed by atoms with Crippen LogP contribution < -0.4 is 26.4 Å². The van der Waals surface area contributed by atoms with Crippen molar-refractivity contribution in [2.24, 2.45) is 10.8 Å². The van der Waals surface area contributed by atoms with Crippen LogP contribution in [0.3, 0.4) is 0 Å². The van der Waals surface area contributed by atoms with Gasteiger partial charge in [0.15, 0.2) is 23.8 Å². The van der Waals surface area contributed by atoms with Gasteiger partial charge in [-0.15, -0.1) is 5.10 Å². The van der Waals surface area contributed by atoms with Gasteiger partial charge in [-0.2, -0.15) is 9.78 Å². The molecule has 184 valence electrons. The fourth-order valence-electron chi connectivity index (χ4n) is 3.12. The number of carbonyl (C=O) groups excluding carboxylic acids is 2. The van der Waals surface area contributed by atoms with E-state index in [0.717, 1.165) is 4.68 Å². The predicted molar refractivity (Wildman–Crippen MR) is 126 cm³/mol. The fraction of sp³-hybridized carbons (Fsp3) is 0.136. The fourth-order valence-corrected chi connectivity index (χ4v) is 3.12. The maximum Gasteiger partial charge on any atom is 0.292 e. The molecule has 0 aliphatic carbocycles. The highest BCUT2D eigenvalue weighted by atomic mass is 16.6. The molecule has 2 aromatic carbocycles. The van der Waals surface area contributed by atoms with Crippen molar-refractivity contribution in [2.45, 2.75) is 6.92 Å². The lowest BCUT2D eigenvalue weighted by Gasteiger charge is -2.11. The van der Waals surface area contributed by atoms with E-state index in [1.165, 1.54) is 6.21 Å². The molecule has 0 spiro atoms. The Morgan fingerprint density at radius 2 is 1.94 bits per heavy atom. The molecule has 0 unspecified atom stereocenters. The number of aromatic nitrogens is 5. The highest BCUT2D eigenvalue weighted by Gasteiger charge is 2.25. The number of hydrazone groups is 1. The van der Waals surface area contributed by atoms with Gasteiger partial charge in [0.25, 0.3) is 11.8 Å². The number of primary amides is 1. The number of benzene rings is 2. The van der Waals surface area contributed by atoms with Gasteiger partial charge < -0.3 is 20.9 Å². The van der Waals surface area contributed by atoms with Crippen molar-refractivity contribution in [1.29, 1.82) is 0 Å². The van der Waals surface area contributed by atoms with E-state index in [0.29, 0.717) is 29.2 Å². The van der Waals surface area contributed by atoms with Crippen LogP contribution in [-0.2, 0) is 4.79 Å². The topological polar surface area (TPSA) is 199 Å². The van der Waals surface area contributed by atoms with Crippen molar-refractivity contribution >= 4 is 23.8 Å². The summed E-state index contributed by atoms with van der Waals surface area (Å²) in [5.74, 6) is -0.581. The number of nitrogen functional groups attached to an aromatic ring is 1. The van der Waals surface area contributed by atoms with Crippen molar-refractivity contribution in [3.63, 3.8) is 0 Å². The van der Waals surface area contributed by atoms with E-state index in [9.17, 15) is 9.59 Å². The number of carbonyl (C=O) groups is 2. The molecular weight excluding hydrogens is 470 g/mol. The van der Waals surface area contributed by atoms with Crippen molar-refractivity contribution in [2.75, 3.05) is 18.9 Å². The Morgan fingerprint density at radius 3 is 2.64 bits per heavy atom. The molecule has 2 heterocycles. The van der Waals surface area contributed by atoms with Gasteiger partial charge >= 0.3 is 0 Å². The Labute approximate surface area is 203 Å². The summed E-state index contributed by atoms with van der Waals surface area (Å²) in [5, 5.41) is 19.4. The van der Waals surface area contributed by atoms with E-state index in [1.54, 1.807) is 49.4 Å². The van der Waals surface area contributed by atoms with E-state index in [4.69, 9.17) is 20.9 Å². The van der Waals surface area contributed by atoms with Crippen LogP contribution in [0.15, 0.2) is 58.3 Å². The third-order valence-electron chi connectivity index (χ3n) is 4.65. The van der Waals surface area contributed by atoms with Gasteiger partial charge in [0, 0.05) is 5.56 Å². The first-order valence-corrected chi connectivity index (χ1v) is 10.6. The molecule has 4 aromatic rings. The molecule has 0 radical (unpaired) electrons. The Hall–Kier alpha value is -5.27. The van der Waals surface area contributed by atoms with Crippen LogP contribution in [0.2, 0.25) is 0 Å². The Balaban J connectivity index is 1.59. The van der Waals surface area contributed by atoms with Crippen LogP contribution in [-0.4, -0.2) is 56.5 Å². The minimum Gasteiger partial charge on any atom is -0.490 e. The zero-order valence-corrected chi connectivity index (χ0v) is 19.0. The lowest BCUT2D eigenvalue weighted by molar-refractivity contribution is -0.119. The molecule has 0 aliphatic heterocycles. The number of hydrogen-bond donors (Lipinski definition) is 3. The van der Waals surface area contributed by atoms with Crippen molar-refractivity contribution in [1.82, 2.24) is 30.7 Å². The Kier molecular flexibility index (Phi) is 7.14. The molecule has 0 aliphatic rings. The molecule has 0 atom stereocenters. The number of amides is 2. The summed E-state index contributed by atoms with van der Waals surface area (Å²) < 4.78 is 16.7. The predicted octanol–water partition coefficient (Wildman–Crippen LogP) is 0.926. The number of hydrogen-bond acceptors (Lipinski definition) is 11. The summed E-state index contributed by atoms with van der Waals surface area (Å²) >= 11 is 0. The van der Waals surface area contributed by atoms with E-state index in [2.05, 4.69) is 35.8 Å². The van der Waals surface area contributed by atoms with E-state index >= 15 is 0 Å². The van der Waals surface area contributed by atoms with Crippen molar-refractivity contribution < 1.29 is 23.7 Å². The second-order valence-corrected chi connectivity index (χ2v) is 7.13. The number of ether oxygens (including phenoxy) is 2. The van der Waals surface area contributed by atoms with Crippen LogP contribution in [0.5, 0.6) is 11.5 Å².